The number of anilines is 1. The maximum atomic E-state index is 13.0. The molecule has 1 aromatic carbocycles. The first kappa shape index (κ1) is 21.7. The van der Waals surface area contributed by atoms with E-state index in [0.717, 1.165) is 19.3 Å². The predicted octanol–water partition coefficient (Wildman–Crippen LogP) is 1.75. The molecule has 0 atom stereocenters. The molecule has 1 amide bonds. The number of rotatable bonds is 7. The van der Waals surface area contributed by atoms with Gasteiger partial charge in [0, 0.05) is 13.1 Å². The number of ether oxygens (including phenoxy) is 1. The largest absolute Gasteiger partial charge is 0.489 e. The van der Waals surface area contributed by atoms with E-state index in [1.165, 1.54) is 27.3 Å². The fourth-order valence-electron chi connectivity index (χ4n) is 3.18. The third-order valence-electron chi connectivity index (χ3n) is 4.57. The van der Waals surface area contributed by atoms with Crippen LogP contribution in [-0.4, -0.2) is 52.6 Å². The van der Waals surface area contributed by atoms with Gasteiger partial charge >= 0.3 is 0 Å². The third kappa shape index (κ3) is 4.95. The van der Waals surface area contributed by atoms with Crippen LogP contribution in [0.25, 0.3) is 0 Å². The van der Waals surface area contributed by atoms with Gasteiger partial charge in [0.25, 0.3) is 0 Å². The number of nitrogens with zero attached hydrogens (tertiary/aromatic N) is 5. The Balaban J connectivity index is 1.87. The van der Waals surface area contributed by atoms with Gasteiger partial charge in [-0.05, 0) is 44.9 Å². The van der Waals surface area contributed by atoms with Gasteiger partial charge in [-0.1, -0.05) is 6.42 Å². The van der Waals surface area contributed by atoms with Crippen LogP contribution in [0.4, 0.5) is 5.69 Å². The van der Waals surface area contributed by atoms with E-state index >= 15 is 0 Å². The Morgan fingerprint density at radius 3 is 2.70 bits per heavy atom. The van der Waals surface area contributed by atoms with Gasteiger partial charge < -0.3 is 10.1 Å². The lowest BCUT2D eigenvalue weighted by atomic mass is 10.2. The quantitative estimate of drug-likeness (QED) is 0.705. The standard InChI is InChI=1S/C19H24N6O4S/c1-14(2)29-17-7-6-15(30(27,28)25-8-4-3-5-9-25)10-16(17)22-19(26)12-24-13-21-23-18(24)11-20/h6-7,10,13-14H,3-5,8-9,12H2,1-2H3,(H,22,26). The number of nitrogens with one attached hydrogen (secondary N) is 1. The molecule has 1 aromatic heterocycles. The summed E-state index contributed by atoms with van der Waals surface area (Å²) < 4.78 is 34.5. The minimum Gasteiger partial charge on any atom is -0.489 e. The number of carbonyl (C=O) groups excluding carboxylic acids is 1. The molecule has 1 N–H and O–H groups in total. The SMILES string of the molecule is CC(C)Oc1ccc(S(=O)(=O)N2CCCCC2)cc1NC(=O)Cn1cnnc1C#N. The monoisotopic (exact) mass is 432 g/mol. The Hall–Kier alpha value is -2.97. The van der Waals surface area contributed by atoms with Crippen LogP contribution in [-0.2, 0) is 21.4 Å². The summed E-state index contributed by atoms with van der Waals surface area (Å²) >= 11 is 0. The number of hydrogen-bond acceptors (Lipinski definition) is 7. The van der Waals surface area contributed by atoms with Crippen molar-refractivity contribution in [3.63, 3.8) is 0 Å². The van der Waals surface area contributed by atoms with Crippen molar-refractivity contribution in [2.45, 2.75) is 50.7 Å². The van der Waals surface area contributed by atoms with E-state index in [1.807, 2.05) is 19.9 Å². The second-order valence-electron chi connectivity index (χ2n) is 7.23. The van der Waals surface area contributed by atoms with E-state index in [-0.39, 0.29) is 29.1 Å². The van der Waals surface area contributed by atoms with Crippen LogP contribution >= 0.6 is 0 Å². The highest BCUT2D eigenvalue weighted by Crippen LogP contribution is 2.31. The minimum atomic E-state index is -3.67. The second kappa shape index (κ2) is 9.23. The number of amides is 1. The molecule has 10 nitrogen and oxygen atoms in total. The number of piperidine rings is 1. The molecule has 0 bridgehead atoms. The molecule has 0 unspecified atom stereocenters. The molecule has 0 saturated carbocycles. The average molecular weight is 433 g/mol. The number of sulfonamides is 1. The highest BCUT2D eigenvalue weighted by Gasteiger charge is 2.27. The number of aromatic nitrogens is 3. The number of carbonyl (C=O) groups is 1. The van der Waals surface area contributed by atoms with Gasteiger partial charge in [0.1, 0.15) is 24.7 Å². The molecule has 0 radical (unpaired) electrons. The van der Waals surface area contributed by atoms with Crippen LogP contribution in [0.2, 0.25) is 0 Å². The Morgan fingerprint density at radius 1 is 1.30 bits per heavy atom. The molecule has 1 aliphatic heterocycles. The fraction of sp³-hybridized carbons (Fsp3) is 0.474. The third-order valence-corrected chi connectivity index (χ3v) is 6.46. The summed E-state index contributed by atoms with van der Waals surface area (Å²) in [5.41, 5.74) is 0.248. The van der Waals surface area contributed by atoms with E-state index in [1.54, 1.807) is 6.07 Å². The summed E-state index contributed by atoms with van der Waals surface area (Å²) in [6.45, 7) is 4.44. The van der Waals surface area contributed by atoms with E-state index in [0.29, 0.717) is 18.8 Å². The zero-order valence-corrected chi connectivity index (χ0v) is 17.7. The van der Waals surface area contributed by atoms with Crippen molar-refractivity contribution in [1.82, 2.24) is 19.1 Å². The molecule has 1 fully saturated rings. The van der Waals surface area contributed by atoms with Crippen molar-refractivity contribution in [1.29, 1.82) is 5.26 Å². The first-order valence-corrected chi connectivity index (χ1v) is 11.1. The summed E-state index contributed by atoms with van der Waals surface area (Å²) in [5, 5.41) is 18.9. The van der Waals surface area contributed by atoms with Crippen LogP contribution in [0.15, 0.2) is 29.4 Å². The minimum absolute atomic E-state index is 0.00484. The molecule has 0 aliphatic carbocycles. The molecule has 160 valence electrons. The van der Waals surface area contributed by atoms with Gasteiger partial charge in [-0.3, -0.25) is 9.36 Å². The lowest BCUT2D eigenvalue weighted by Crippen LogP contribution is -2.35. The highest BCUT2D eigenvalue weighted by molar-refractivity contribution is 7.89. The molecule has 3 rings (SSSR count). The zero-order chi connectivity index (χ0) is 21.7. The molecular weight excluding hydrogens is 408 g/mol. The molecule has 2 heterocycles. The summed E-state index contributed by atoms with van der Waals surface area (Å²) in [6.07, 6.45) is 3.78. The van der Waals surface area contributed by atoms with Gasteiger partial charge in [-0.25, -0.2) is 8.42 Å². The van der Waals surface area contributed by atoms with Gasteiger partial charge in [0.05, 0.1) is 16.7 Å². The molecule has 0 spiro atoms. The summed E-state index contributed by atoms with van der Waals surface area (Å²) in [6, 6.07) is 6.30. The molecule has 1 aliphatic rings. The maximum absolute atomic E-state index is 13.0. The maximum Gasteiger partial charge on any atom is 0.244 e. The summed E-state index contributed by atoms with van der Waals surface area (Å²) in [5.74, 6) is -0.0992. The first-order chi connectivity index (χ1) is 14.3. The zero-order valence-electron chi connectivity index (χ0n) is 16.9. The van der Waals surface area contributed by atoms with E-state index in [2.05, 4.69) is 15.5 Å². The van der Waals surface area contributed by atoms with Crippen molar-refractivity contribution in [2.24, 2.45) is 0 Å². The van der Waals surface area contributed by atoms with Crippen molar-refractivity contribution in [3.05, 3.63) is 30.4 Å². The van der Waals surface area contributed by atoms with Crippen LogP contribution in [0.3, 0.4) is 0 Å². The van der Waals surface area contributed by atoms with Crippen molar-refractivity contribution in [2.75, 3.05) is 18.4 Å². The van der Waals surface area contributed by atoms with E-state index < -0.39 is 15.9 Å². The Bertz CT molecular complexity index is 1050. The lowest BCUT2D eigenvalue weighted by molar-refractivity contribution is -0.116. The smallest absolute Gasteiger partial charge is 0.244 e. The summed E-state index contributed by atoms with van der Waals surface area (Å²) in [4.78, 5) is 12.6. The van der Waals surface area contributed by atoms with Crippen LogP contribution < -0.4 is 10.1 Å². The topological polar surface area (TPSA) is 130 Å². The molecule has 11 heteroatoms. The lowest BCUT2D eigenvalue weighted by Gasteiger charge is -2.26. The van der Waals surface area contributed by atoms with E-state index in [9.17, 15) is 13.2 Å². The van der Waals surface area contributed by atoms with Crippen molar-refractivity contribution >= 4 is 21.6 Å². The molecule has 2 aromatic rings. The fourth-order valence-corrected chi connectivity index (χ4v) is 4.72. The number of benzene rings is 1. The molecular formula is C19H24N6O4S. The molecule has 30 heavy (non-hydrogen) atoms. The molecule has 1 saturated heterocycles. The number of hydrogen-bond donors (Lipinski definition) is 1. The van der Waals surface area contributed by atoms with Gasteiger partial charge in [0.2, 0.25) is 21.8 Å². The van der Waals surface area contributed by atoms with Crippen molar-refractivity contribution < 1.29 is 17.9 Å². The Labute approximate surface area is 175 Å². The van der Waals surface area contributed by atoms with Crippen LogP contribution in [0.5, 0.6) is 5.75 Å². The van der Waals surface area contributed by atoms with E-state index in [4.69, 9.17) is 10.00 Å². The Kier molecular flexibility index (Phi) is 6.69. The first-order valence-electron chi connectivity index (χ1n) is 9.70. The van der Waals surface area contributed by atoms with Crippen LogP contribution in [0, 0.1) is 11.3 Å². The van der Waals surface area contributed by atoms with Crippen molar-refractivity contribution in [3.8, 4) is 11.8 Å². The van der Waals surface area contributed by atoms with Crippen LogP contribution in [0.1, 0.15) is 38.9 Å². The predicted molar refractivity (Wildman–Crippen MR) is 108 cm³/mol. The van der Waals surface area contributed by atoms with Gasteiger partial charge in [0.15, 0.2) is 0 Å². The van der Waals surface area contributed by atoms with Gasteiger partial charge in [-0.15, -0.1) is 10.2 Å². The normalized spacial score (nSPS) is 15.0. The average Bonchev–Trinajstić information content (AvgIpc) is 3.16. The Morgan fingerprint density at radius 2 is 2.03 bits per heavy atom. The number of nitriles is 1. The van der Waals surface area contributed by atoms with Gasteiger partial charge in [-0.2, -0.15) is 9.57 Å². The highest BCUT2D eigenvalue weighted by atomic mass is 32.2. The second-order valence-corrected chi connectivity index (χ2v) is 9.17. The summed E-state index contributed by atoms with van der Waals surface area (Å²) in [7, 11) is -3.67.